The molecule has 2 aromatic rings. The van der Waals surface area contributed by atoms with Gasteiger partial charge < -0.3 is 18.9 Å². The molecule has 0 aromatic heterocycles. The van der Waals surface area contributed by atoms with E-state index in [1.807, 2.05) is 31.2 Å². The van der Waals surface area contributed by atoms with E-state index in [9.17, 15) is 9.59 Å². The lowest BCUT2D eigenvalue weighted by atomic mass is 10.1. The van der Waals surface area contributed by atoms with Gasteiger partial charge in [0.05, 0.1) is 14.2 Å². The van der Waals surface area contributed by atoms with Gasteiger partial charge in [0.1, 0.15) is 0 Å². The second-order valence-corrected chi connectivity index (χ2v) is 6.05. The summed E-state index contributed by atoms with van der Waals surface area (Å²) in [5.41, 5.74) is 2.52. The molecule has 1 aliphatic heterocycles. The number of benzene rings is 2. The molecule has 0 saturated heterocycles. The van der Waals surface area contributed by atoms with E-state index in [4.69, 9.17) is 18.9 Å². The molecule has 0 saturated carbocycles. The highest BCUT2D eigenvalue weighted by Gasteiger charge is 2.25. The van der Waals surface area contributed by atoms with Gasteiger partial charge in [0.2, 0.25) is 11.6 Å². The van der Waals surface area contributed by atoms with Gasteiger partial charge in [-0.1, -0.05) is 17.7 Å². The van der Waals surface area contributed by atoms with E-state index in [0.717, 1.165) is 5.56 Å². The molecule has 7 nitrogen and oxygen atoms in total. The molecule has 1 aliphatic rings. The lowest BCUT2D eigenvalue weighted by Crippen LogP contribution is -2.05. The Labute approximate surface area is 162 Å². The lowest BCUT2D eigenvalue weighted by molar-refractivity contribution is -0.132. The van der Waals surface area contributed by atoms with Crippen molar-refractivity contribution in [3.63, 3.8) is 0 Å². The van der Waals surface area contributed by atoms with Crippen molar-refractivity contribution >= 4 is 23.9 Å². The number of ether oxygens (including phenoxy) is 4. The number of nitrogens with zero attached hydrogens (tertiary/aromatic N) is 1. The molecule has 1 heterocycles. The zero-order chi connectivity index (χ0) is 20.3. The molecular formula is C21H19NO6. The minimum Gasteiger partial charge on any atom is -0.493 e. The monoisotopic (exact) mass is 381 g/mol. The summed E-state index contributed by atoms with van der Waals surface area (Å²) in [4.78, 5) is 27.8. The maximum atomic E-state index is 12.2. The number of esters is 2. The Balaban J connectivity index is 1.99. The molecule has 0 aliphatic carbocycles. The van der Waals surface area contributed by atoms with Gasteiger partial charge in [-0.2, -0.15) is 0 Å². The van der Waals surface area contributed by atoms with E-state index in [1.54, 1.807) is 18.2 Å². The molecule has 0 fully saturated rings. The Morgan fingerprint density at radius 3 is 2.21 bits per heavy atom. The van der Waals surface area contributed by atoms with Crippen molar-refractivity contribution in [2.75, 3.05) is 14.2 Å². The van der Waals surface area contributed by atoms with Gasteiger partial charge in [0.15, 0.2) is 17.2 Å². The number of rotatable bonds is 5. The maximum Gasteiger partial charge on any atom is 0.363 e. The van der Waals surface area contributed by atoms with Crippen LogP contribution in [0.3, 0.4) is 0 Å². The first-order valence-corrected chi connectivity index (χ1v) is 8.45. The molecule has 3 rings (SSSR count). The van der Waals surface area contributed by atoms with Crippen LogP contribution in [0.2, 0.25) is 0 Å². The van der Waals surface area contributed by atoms with Gasteiger partial charge in [0.25, 0.3) is 0 Å². The number of hydrogen-bond acceptors (Lipinski definition) is 7. The summed E-state index contributed by atoms with van der Waals surface area (Å²) in [6.45, 7) is 3.25. The summed E-state index contributed by atoms with van der Waals surface area (Å²) in [5.74, 6) is -0.0813. The Hall–Kier alpha value is -3.61. The van der Waals surface area contributed by atoms with Crippen molar-refractivity contribution in [2.45, 2.75) is 13.8 Å². The standard InChI is InChI=1S/C21H19NO6/c1-12-5-7-15(8-6-12)20-22-16(21(24)28-20)9-14-10-17(25-3)19(27-13(2)23)18(11-14)26-4/h5-11H,1-4H3/b16-9+. The third-order valence-corrected chi connectivity index (χ3v) is 3.95. The second kappa shape index (κ2) is 7.96. The van der Waals surface area contributed by atoms with Gasteiger partial charge in [-0.25, -0.2) is 9.79 Å². The second-order valence-electron chi connectivity index (χ2n) is 6.05. The van der Waals surface area contributed by atoms with Gasteiger partial charge in [-0.3, -0.25) is 4.79 Å². The fourth-order valence-electron chi connectivity index (χ4n) is 2.61. The molecule has 2 aromatic carbocycles. The van der Waals surface area contributed by atoms with E-state index in [1.165, 1.54) is 21.1 Å². The number of cyclic esters (lactones) is 1. The first-order chi connectivity index (χ1) is 13.4. The minimum atomic E-state index is -0.558. The molecule has 28 heavy (non-hydrogen) atoms. The quantitative estimate of drug-likeness (QED) is 0.449. The van der Waals surface area contributed by atoms with Crippen LogP contribution < -0.4 is 14.2 Å². The van der Waals surface area contributed by atoms with Crippen molar-refractivity contribution < 1.29 is 28.5 Å². The molecule has 7 heteroatoms. The highest BCUT2D eigenvalue weighted by molar-refractivity contribution is 6.12. The first-order valence-electron chi connectivity index (χ1n) is 8.45. The number of aliphatic imine (C=N–C) groups is 1. The molecule has 0 N–H and O–H groups in total. The first kappa shape index (κ1) is 19.2. The van der Waals surface area contributed by atoms with Gasteiger partial charge >= 0.3 is 11.9 Å². The molecule has 0 bridgehead atoms. The normalized spacial score (nSPS) is 14.5. The molecule has 0 amide bonds. The van der Waals surface area contributed by atoms with E-state index >= 15 is 0 Å². The topological polar surface area (TPSA) is 83.4 Å². The van der Waals surface area contributed by atoms with Crippen molar-refractivity contribution in [2.24, 2.45) is 4.99 Å². The van der Waals surface area contributed by atoms with Crippen LogP contribution in [-0.4, -0.2) is 32.1 Å². The summed E-state index contributed by atoms with van der Waals surface area (Å²) in [6.07, 6.45) is 1.55. The van der Waals surface area contributed by atoms with Gasteiger partial charge in [-0.05, 0) is 42.8 Å². The lowest BCUT2D eigenvalue weighted by Gasteiger charge is -2.13. The zero-order valence-corrected chi connectivity index (χ0v) is 15.9. The van der Waals surface area contributed by atoms with E-state index < -0.39 is 11.9 Å². The van der Waals surface area contributed by atoms with Crippen molar-refractivity contribution in [1.82, 2.24) is 0 Å². The van der Waals surface area contributed by atoms with Crippen LogP contribution in [-0.2, 0) is 14.3 Å². The van der Waals surface area contributed by atoms with Crippen LogP contribution in [0.4, 0.5) is 0 Å². The summed E-state index contributed by atoms with van der Waals surface area (Å²) in [7, 11) is 2.88. The van der Waals surface area contributed by atoms with Crippen molar-refractivity contribution in [3.8, 4) is 17.2 Å². The largest absolute Gasteiger partial charge is 0.493 e. The average molecular weight is 381 g/mol. The Kier molecular flexibility index (Phi) is 5.44. The van der Waals surface area contributed by atoms with Crippen LogP contribution >= 0.6 is 0 Å². The third kappa shape index (κ3) is 4.03. The van der Waals surface area contributed by atoms with E-state index in [-0.39, 0.29) is 28.8 Å². The molecule has 0 spiro atoms. The number of carbonyl (C=O) groups is 2. The Morgan fingerprint density at radius 1 is 1.07 bits per heavy atom. The fourth-order valence-corrected chi connectivity index (χ4v) is 2.61. The van der Waals surface area contributed by atoms with Crippen LogP contribution in [0.25, 0.3) is 6.08 Å². The third-order valence-electron chi connectivity index (χ3n) is 3.95. The summed E-state index contributed by atoms with van der Waals surface area (Å²) < 4.78 is 21.0. The molecule has 144 valence electrons. The smallest absolute Gasteiger partial charge is 0.363 e. The van der Waals surface area contributed by atoms with Gasteiger partial charge in [0, 0.05) is 12.5 Å². The molecular weight excluding hydrogens is 362 g/mol. The predicted molar refractivity (Wildman–Crippen MR) is 103 cm³/mol. The van der Waals surface area contributed by atoms with Crippen LogP contribution in [0.15, 0.2) is 47.1 Å². The van der Waals surface area contributed by atoms with E-state index in [0.29, 0.717) is 11.1 Å². The predicted octanol–water partition coefficient (Wildman–Crippen LogP) is 3.28. The van der Waals surface area contributed by atoms with Crippen LogP contribution in [0.1, 0.15) is 23.6 Å². The number of methoxy groups -OCH3 is 2. The maximum absolute atomic E-state index is 12.2. The van der Waals surface area contributed by atoms with E-state index in [2.05, 4.69) is 4.99 Å². The molecule has 0 atom stereocenters. The Morgan fingerprint density at radius 2 is 1.68 bits per heavy atom. The molecule has 0 radical (unpaired) electrons. The van der Waals surface area contributed by atoms with Gasteiger partial charge in [-0.15, -0.1) is 0 Å². The average Bonchev–Trinajstić information content (AvgIpc) is 3.03. The zero-order valence-electron chi connectivity index (χ0n) is 15.9. The highest BCUT2D eigenvalue weighted by atomic mass is 16.6. The minimum absolute atomic E-state index is 0.139. The van der Waals surface area contributed by atoms with Crippen LogP contribution in [0.5, 0.6) is 17.2 Å². The Bertz CT molecular complexity index is 963. The number of aryl methyl sites for hydroxylation is 1. The number of hydrogen-bond donors (Lipinski definition) is 0. The van der Waals surface area contributed by atoms with Crippen molar-refractivity contribution in [1.29, 1.82) is 0 Å². The summed E-state index contributed by atoms with van der Waals surface area (Å²) >= 11 is 0. The SMILES string of the molecule is COc1cc(/C=C2/N=C(c3ccc(C)cc3)OC2=O)cc(OC)c1OC(C)=O. The van der Waals surface area contributed by atoms with Crippen molar-refractivity contribution in [3.05, 3.63) is 58.8 Å². The highest BCUT2D eigenvalue weighted by Crippen LogP contribution is 2.39. The summed E-state index contributed by atoms with van der Waals surface area (Å²) in [5, 5.41) is 0. The summed E-state index contributed by atoms with van der Waals surface area (Å²) in [6, 6.07) is 10.7. The van der Waals surface area contributed by atoms with Crippen LogP contribution in [0, 0.1) is 6.92 Å². The number of carbonyl (C=O) groups excluding carboxylic acids is 2. The fraction of sp³-hybridized carbons (Fsp3) is 0.190. The molecule has 0 unspecified atom stereocenters.